The Bertz CT molecular complexity index is 91.3. The Hall–Kier alpha value is 0.390. The van der Waals surface area contributed by atoms with Crippen LogP contribution in [0.25, 0.3) is 0 Å². The summed E-state index contributed by atoms with van der Waals surface area (Å²) in [6.45, 7) is -0.0208. The molecule has 0 aromatic carbocycles. The van der Waals surface area contributed by atoms with Crippen molar-refractivity contribution in [2.75, 3.05) is 20.6 Å². The van der Waals surface area contributed by atoms with Crippen LogP contribution in [0, 0.1) is 0 Å². The van der Waals surface area contributed by atoms with Crippen molar-refractivity contribution >= 4 is 5.97 Å². The minimum absolute atomic E-state index is 0. The number of hydrogen-bond donors (Lipinski definition) is 2. The van der Waals surface area contributed by atoms with E-state index in [1.807, 2.05) is 0 Å². The molecule has 0 fully saturated rings. The molecule has 0 aromatic heterocycles. The van der Waals surface area contributed by atoms with E-state index in [2.05, 4.69) is 5.43 Å². The van der Waals surface area contributed by atoms with Crippen LogP contribution >= 0.6 is 0 Å². The van der Waals surface area contributed by atoms with Crippen molar-refractivity contribution in [3.05, 3.63) is 0 Å². The molecule has 0 aliphatic carbocycles. The zero-order valence-corrected chi connectivity index (χ0v) is 8.01. The maximum absolute atomic E-state index is 9.81. The molecular formula is C4H11N2NaO2. The van der Waals surface area contributed by atoms with Gasteiger partial charge in [0.05, 0.1) is 0 Å². The van der Waals surface area contributed by atoms with Gasteiger partial charge in [-0.15, -0.1) is 0 Å². The predicted octanol–water partition coefficient (Wildman–Crippen LogP) is -3.75. The van der Waals surface area contributed by atoms with Crippen molar-refractivity contribution in [3.8, 4) is 0 Å². The third-order valence-electron chi connectivity index (χ3n) is 0.547. The Balaban J connectivity index is -0.000000245. The monoisotopic (exact) mass is 142 g/mol. The Morgan fingerprint density at radius 2 is 2.22 bits per heavy atom. The van der Waals surface area contributed by atoms with Crippen molar-refractivity contribution in [2.24, 2.45) is 0 Å². The van der Waals surface area contributed by atoms with Crippen molar-refractivity contribution < 1.29 is 40.9 Å². The SMILES string of the molecule is CN(C)NCC(=O)O.[H-].[Na+]. The Kier molecular flexibility index (Phi) is 8.75. The summed E-state index contributed by atoms with van der Waals surface area (Å²) in [5.74, 6) is -0.848. The van der Waals surface area contributed by atoms with Gasteiger partial charge in [-0.3, -0.25) is 9.80 Å². The fourth-order valence-corrected chi connectivity index (χ4v) is 0.226. The first-order valence-corrected chi connectivity index (χ1v) is 2.25. The summed E-state index contributed by atoms with van der Waals surface area (Å²) in [7, 11) is 3.48. The number of carboxylic acid groups (broad SMARTS) is 1. The molecule has 5 heteroatoms. The fourth-order valence-electron chi connectivity index (χ4n) is 0.226. The molecule has 0 aliphatic rings. The summed E-state index contributed by atoms with van der Waals surface area (Å²) in [4.78, 5) is 9.81. The first-order chi connectivity index (χ1) is 3.63. The minimum Gasteiger partial charge on any atom is -1.00 e. The molecule has 2 N–H and O–H groups in total. The molecule has 9 heavy (non-hydrogen) atoms. The predicted molar refractivity (Wildman–Crippen MR) is 30.4 cm³/mol. The summed E-state index contributed by atoms with van der Waals surface area (Å²) in [5.41, 5.74) is 2.58. The number of aliphatic carboxylic acids is 1. The van der Waals surface area contributed by atoms with E-state index in [4.69, 9.17) is 5.11 Å². The number of nitrogens with one attached hydrogen (secondary N) is 1. The summed E-state index contributed by atoms with van der Waals surface area (Å²) in [6, 6.07) is 0. The fraction of sp³-hybridized carbons (Fsp3) is 0.750. The number of hydrazine groups is 1. The molecule has 0 aliphatic heterocycles. The van der Waals surface area contributed by atoms with Crippen LogP contribution in [-0.4, -0.2) is 36.7 Å². The Labute approximate surface area is 78.0 Å². The van der Waals surface area contributed by atoms with Crippen molar-refractivity contribution in [2.45, 2.75) is 0 Å². The smallest absolute Gasteiger partial charge is 1.00 e. The molecule has 0 atom stereocenters. The normalized spacial score (nSPS) is 8.78. The molecule has 0 saturated carbocycles. The minimum atomic E-state index is -0.848. The van der Waals surface area contributed by atoms with Gasteiger partial charge in [0.25, 0.3) is 0 Å². The average Bonchev–Trinajstić information content (AvgIpc) is 1.61. The second-order valence-electron chi connectivity index (χ2n) is 1.62. The summed E-state index contributed by atoms with van der Waals surface area (Å²) in [5, 5.41) is 9.66. The molecule has 4 nitrogen and oxygen atoms in total. The maximum Gasteiger partial charge on any atom is 1.00 e. The Morgan fingerprint density at radius 1 is 1.78 bits per heavy atom. The largest absolute Gasteiger partial charge is 1.00 e. The van der Waals surface area contributed by atoms with E-state index < -0.39 is 5.97 Å². The summed E-state index contributed by atoms with van der Waals surface area (Å²) in [6.07, 6.45) is 0. The van der Waals surface area contributed by atoms with E-state index in [0.29, 0.717) is 0 Å². The van der Waals surface area contributed by atoms with E-state index in [0.717, 1.165) is 0 Å². The van der Waals surface area contributed by atoms with Crippen LogP contribution in [0.5, 0.6) is 0 Å². The van der Waals surface area contributed by atoms with Crippen LogP contribution in [0.15, 0.2) is 0 Å². The van der Waals surface area contributed by atoms with Gasteiger partial charge >= 0.3 is 35.5 Å². The Morgan fingerprint density at radius 3 is 2.33 bits per heavy atom. The third kappa shape index (κ3) is 11.8. The average molecular weight is 142 g/mol. The molecule has 0 radical (unpaired) electrons. The molecule has 0 rings (SSSR count). The summed E-state index contributed by atoms with van der Waals surface area (Å²) < 4.78 is 0. The second kappa shape index (κ2) is 6.51. The van der Waals surface area contributed by atoms with E-state index >= 15 is 0 Å². The molecule has 0 amide bonds. The van der Waals surface area contributed by atoms with Crippen LogP contribution in [-0.2, 0) is 4.79 Å². The zero-order chi connectivity index (χ0) is 6.57. The van der Waals surface area contributed by atoms with E-state index in [1.165, 1.54) is 0 Å². The molecule has 0 saturated heterocycles. The van der Waals surface area contributed by atoms with Crippen LogP contribution in [0.2, 0.25) is 0 Å². The molecule has 0 bridgehead atoms. The quantitative estimate of drug-likeness (QED) is 0.314. The van der Waals surface area contributed by atoms with Gasteiger partial charge in [0.2, 0.25) is 0 Å². The van der Waals surface area contributed by atoms with Crippen molar-refractivity contribution in [1.29, 1.82) is 0 Å². The van der Waals surface area contributed by atoms with E-state index in [9.17, 15) is 4.79 Å². The van der Waals surface area contributed by atoms with Gasteiger partial charge in [0.1, 0.15) is 6.54 Å². The molecule has 0 unspecified atom stereocenters. The number of carboxylic acids is 1. The van der Waals surface area contributed by atoms with Gasteiger partial charge in [-0.25, -0.2) is 5.43 Å². The van der Waals surface area contributed by atoms with Gasteiger partial charge < -0.3 is 6.53 Å². The molecule has 50 valence electrons. The molecule has 0 spiro atoms. The number of rotatable bonds is 3. The van der Waals surface area contributed by atoms with Gasteiger partial charge in [-0.2, -0.15) is 0 Å². The van der Waals surface area contributed by atoms with Crippen LogP contribution in [0.3, 0.4) is 0 Å². The topological polar surface area (TPSA) is 52.6 Å². The first-order valence-electron chi connectivity index (χ1n) is 2.25. The van der Waals surface area contributed by atoms with Crippen LogP contribution in [0.4, 0.5) is 0 Å². The number of nitrogens with zero attached hydrogens (tertiary/aromatic N) is 1. The summed E-state index contributed by atoms with van der Waals surface area (Å²) >= 11 is 0. The standard InChI is InChI=1S/C4H10N2O2.Na.H/c1-6(2)5-3-4(7)8;;/h5H,3H2,1-2H3,(H,7,8);;/q;+1;-1. The third-order valence-corrected chi connectivity index (χ3v) is 0.547. The first kappa shape index (κ1) is 12.1. The van der Waals surface area contributed by atoms with Gasteiger partial charge in [0, 0.05) is 14.1 Å². The molecular weight excluding hydrogens is 131 g/mol. The van der Waals surface area contributed by atoms with Crippen molar-refractivity contribution in [1.82, 2.24) is 10.4 Å². The van der Waals surface area contributed by atoms with Crippen LogP contribution < -0.4 is 35.0 Å². The van der Waals surface area contributed by atoms with Gasteiger partial charge in [0.15, 0.2) is 0 Å². The van der Waals surface area contributed by atoms with Crippen LogP contribution in [0.1, 0.15) is 1.43 Å². The molecule has 0 aromatic rings. The van der Waals surface area contributed by atoms with Crippen molar-refractivity contribution in [3.63, 3.8) is 0 Å². The van der Waals surface area contributed by atoms with Gasteiger partial charge in [-0.1, -0.05) is 0 Å². The number of carbonyl (C=O) groups is 1. The molecule has 0 heterocycles. The van der Waals surface area contributed by atoms with E-state index in [1.54, 1.807) is 19.1 Å². The zero-order valence-electron chi connectivity index (χ0n) is 7.01. The second-order valence-corrected chi connectivity index (χ2v) is 1.62. The van der Waals surface area contributed by atoms with E-state index in [-0.39, 0.29) is 37.5 Å². The number of hydrogen-bond acceptors (Lipinski definition) is 3. The maximum atomic E-state index is 9.81. The van der Waals surface area contributed by atoms with Gasteiger partial charge in [-0.05, 0) is 0 Å².